The molecule has 5 atom stereocenters. The molecule has 0 bridgehead atoms. The molecule has 1 aliphatic carbocycles. The highest BCUT2D eigenvalue weighted by molar-refractivity contribution is 7.90. The number of sulfone groups is 1. The van der Waals surface area contributed by atoms with Gasteiger partial charge in [0.05, 0.1) is 37.3 Å². The Bertz CT molecular complexity index is 1390. The van der Waals surface area contributed by atoms with Crippen molar-refractivity contribution >= 4 is 33.3 Å². The summed E-state index contributed by atoms with van der Waals surface area (Å²) >= 11 is 0. The Balaban J connectivity index is 1.53. The molecule has 5 unspecified atom stereocenters. The number of epoxide rings is 1. The van der Waals surface area contributed by atoms with Gasteiger partial charge >= 0.3 is 0 Å². The lowest BCUT2D eigenvalue weighted by molar-refractivity contribution is -0.136. The van der Waals surface area contributed by atoms with Gasteiger partial charge in [-0.05, 0) is 63.6 Å². The molecule has 4 rings (SSSR count). The van der Waals surface area contributed by atoms with E-state index in [1.807, 2.05) is 4.90 Å². The number of allylic oxidation sites excluding steroid dienone is 1. The van der Waals surface area contributed by atoms with Gasteiger partial charge in [0.15, 0.2) is 15.6 Å². The lowest BCUT2D eigenvalue weighted by Crippen LogP contribution is -2.58. The molecule has 14 heteroatoms. The number of carbonyl (C=O) groups is 4. The molecule has 2 heterocycles. The molecule has 0 radical (unpaired) electrons. The second-order valence-electron chi connectivity index (χ2n) is 12.2. The Hall–Kier alpha value is -3.17. The van der Waals surface area contributed by atoms with Crippen LogP contribution in [-0.2, 0) is 38.5 Å². The van der Waals surface area contributed by atoms with Gasteiger partial charge in [-0.3, -0.25) is 24.1 Å². The fourth-order valence-electron chi connectivity index (χ4n) is 5.43. The van der Waals surface area contributed by atoms with E-state index in [-0.39, 0.29) is 41.7 Å². The monoisotopic (exact) mass is 648 g/mol. The van der Waals surface area contributed by atoms with Crippen LogP contribution in [0.4, 0.5) is 0 Å². The van der Waals surface area contributed by atoms with Gasteiger partial charge in [-0.2, -0.15) is 0 Å². The van der Waals surface area contributed by atoms with Gasteiger partial charge in [-0.25, -0.2) is 8.42 Å². The Kier molecular flexibility index (Phi) is 11.5. The first-order valence-electron chi connectivity index (χ1n) is 15.3. The van der Waals surface area contributed by atoms with Crippen LogP contribution in [0.15, 0.2) is 40.8 Å². The van der Waals surface area contributed by atoms with Crippen molar-refractivity contribution in [3.05, 3.63) is 41.5 Å². The Morgan fingerprint density at radius 1 is 1.02 bits per heavy atom. The standard InChI is InChI=1S/C31H44N4O9S/c1-20(32-25(36)18-35-13-15-43-16-14-35)29(39)34-26(27(37)22-9-11-23(12-10-22)45(3,41)42)30(40)33-24(28(38)31(2)19-44-31)17-21-7-5-4-6-8-21/h7,9-12,20,24,26-27,37H,4-6,8,13-19H2,1-3H3,(H,32,36)(H,33,40)(H,34,39). The Morgan fingerprint density at radius 2 is 1.69 bits per heavy atom. The number of aliphatic hydroxyl groups is 1. The van der Waals surface area contributed by atoms with E-state index < -0.39 is 51.5 Å². The summed E-state index contributed by atoms with van der Waals surface area (Å²) in [7, 11) is -3.52. The van der Waals surface area contributed by atoms with Crippen LogP contribution in [0.5, 0.6) is 0 Å². The summed E-state index contributed by atoms with van der Waals surface area (Å²) in [6, 6.07) is 1.71. The smallest absolute Gasteiger partial charge is 0.246 e. The van der Waals surface area contributed by atoms with E-state index in [9.17, 15) is 32.7 Å². The van der Waals surface area contributed by atoms with Gasteiger partial charge in [0, 0.05) is 19.3 Å². The number of aliphatic hydroxyl groups excluding tert-OH is 1. The predicted molar refractivity (Wildman–Crippen MR) is 164 cm³/mol. The molecule has 13 nitrogen and oxygen atoms in total. The number of carbonyl (C=O) groups excluding carboxylic acids is 4. The molecule has 0 spiro atoms. The van der Waals surface area contributed by atoms with Crippen molar-refractivity contribution < 1.29 is 42.2 Å². The second kappa shape index (κ2) is 14.9. The minimum absolute atomic E-state index is 0.0178. The highest BCUT2D eigenvalue weighted by Gasteiger charge is 2.50. The fraction of sp³-hybridized carbons (Fsp3) is 0.613. The van der Waals surface area contributed by atoms with Crippen LogP contribution >= 0.6 is 0 Å². The number of benzene rings is 1. The molecule has 3 amide bonds. The predicted octanol–water partition coefficient (Wildman–Crippen LogP) is 0.179. The van der Waals surface area contributed by atoms with E-state index in [2.05, 4.69) is 22.0 Å². The fourth-order valence-corrected chi connectivity index (χ4v) is 6.06. The maximum Gasteiger partial charge on any atom is 0.246 e. The number of nitrogens with one attached hydrogen (secondary N) is 3. The van der Waals surface area contributed by atoms with E-state index in [1.165, 1.54) is 31.2 Å². The van der Waals surface area contributed by atoms with Gasteiger partial charge in [0.25, 0.3) is 0 Å². The molecule has 4 N–H and O–H groups in total. The third kappa shape index (κ3) is 9.66. The van der Waals surface area contributed by atoms with Crippen LogP contribution in [0.3, 0.4) is 0 Å². The second-order valence-corrected chi connectivity index (χ2v) is 14.2. The first-order valence-corrected chi connectivity index (χ1v) is 17.2. The minimum atomic E-state index is -3.52. The zero-order valence-electron chi connectivity index (χ0n) is 26.0. The van der Waals surface area contributed by atoms with Crippen molar-refractivity contribution in [3.63, 3.8) is 0 Å². The lowest BCUT2D eigenvalue weighted by Gasteiger charge is -2.29. The molecule has 45 heavy (non-hydrogen) atoms. The van der Waals surface area contributed by atoms with Crippen molar-refractivity contribution in [2.24, 2.45) is 0 Å². The summed E-state index contributed by atoms with van der Waals surface area (Å²) in [5, 5.41) is 19.3. The molecule has 0 aromatic heterocycles. The van der Waals surface area contributed by atoms with Crippen LogP contribution in [-0.4, -0.2) is 111 Å². The van der Waals surface area contributed by atoms with Gasteiger partial charge in [0.2, 0.25) is 17.7 Å². The normalized spacial score (nSPS) is 23.1. The number of ether oxygens (including phenoxy) is 2. The average molecular weight is 649 g/mol. The Morgan fingerprint density at radius 3 is 2.27 bits per heavy atom. The number of morpholine rings is 1. The number of hydrogen-bond donors (Lipinski definition) is 4. The summed E-state index contributed by atoms with van der Waals surface area (Å²) in [6.07, 6.45) is 5.49. The number of amides is 3. The van der Waals surface area contributed by atoms with Crippen LogP contribution in [0, 0.1) is 0 Å². The van der Waals surface area contributed by atoms with E-state index in [0.29, 0.717) is 26.3 Å². The third-order valence-electron chi connectivity index (χ3n) is 8.37. The summed E-state index contributed by atoms with van der Waals surface area (Å²) in [5.41, 5.74) is 0.186. The van der Waals surface area contributed by atoms with Crippen LogP contribution < -0.4 is 16.0 Å². The molecule has 1 aromatic rings. The number of nitrogens with zero attached hydrogens (tertiary/aromatic N) is 1. The van der Waals surface area contributed by atoms with Gasteiger partial charge in [0.1, 0.15) is 23.8 Å². The molecule has 1 aromatic carbocycles. The van der Waals surface area contributed by atoms with E-state index >= 15 is 0 Å². The SMILES string of the molecule is CC(NC(=O)CN1CCOCC1)C(=O)NC(C(=O)NC(CC1=CCCCC1)C(=O)C1(C)CO1)C(O)c1ccc(S(C)(=O)=O)cc1. The van der Waals surface area contributed by atoms with Crippen LogP contribution in [0.1, 0.15) is 57.6 Å². The summed E-state index contributed by atoms with van der Waals surface area (Å²) in [6.45, 7) is 5.60. The van der Waals surface area contributed by atoms with E-state index in [4.69, 9.17) is 9.47 Å². The molecule has 248 valence electrons. The highest BCUT2D eigenvalue weighted by Crippen LogP contribution is 2.31. The maximum absolute atomic E-state index is 13.8. The molecular weight excluding hydrogens is 604 g/mol. The van der Waals surface area contributed by atoms with Crippen molar-refractivity contribution in [1.29, 1.82) is 0 Å². The van der Waals surface area contributed by atoms with E-state index in [1.54, 1.807) is 6.92 Å². The molecule has 3 aliphatic rings. The Labute approximate surface area is 264 Å². The molecular formula is C31H44N4O9S. The molecule has 0 saturated carbocycles. The largest absolute Gasteiger partial charge is 0.386 e. The van der Waals surface area contributed by atoms with Crippen molar-refractivity contribution in [3.8, 4) is 0 Å². The quantitative estimate of drug-likeness (QED) is 0.160. The van der Waals surface area contributed by atoms with Crippen molar-refractivity contribution in [2.75, 3.05) is 45.7 Å². The first-order chi connectivity index (χ1) is 21.3. The minimum Gasteiger partial charge on any atom is -0.386 e. The zero-order valence-corrected chi connectivity index (χ0v) is 26.9. The van der Waals surface area contributed by atoms with Crippen LogP contribution in [0.25, 0.3) is 0 Å². The van der Waals surface area contributed by atoms with Gasteiger partial charge in [-0.1, -0.05) is 23.8 Å². The van der Waals surface area contributed by atoms with Crippen LogP contribution in [0.2, 0.25) is 0 Å². The third-order valence-corrected chi connectivity index (χ3v) is 9.50. The number of rotatable bonds is 14. The summed E-state index contributed by atoms with van der Waals surface area (Å²) in [4.78, 5) is 55.1. The lowest BCUT2D eigenvalue weighted by atomic mass is 9.89. The molecule has 2 fully saturated rings. The molecule has 2 saturated heterocycles. The first kappa shape index (κ1) is 34.7. The summed E-state index contributed by atoms with van der Waals surface area (Å²) < 4.78 is 34.6. The summed E-state index contributed by atoms with van der Waals surface area (Å²) in [5.74, 6) is -2.23. The van der Waals surface area contributed by atoms with Gasteiger partial charge < -0.3 is 30.5 Å². The maximum atomic E-state index is 13.8. The van der Waals surface area contributed by atoms with E-state index in [0.717, 1.165) is 37.5 Å². The van der Waals surface area contributed by atoms with Crippen molar-refractivity contribution in [1.82, 2.24) is 20.9 Å². The topological polar surface area (TPSA) is 184 Å². The number of hydrogen-bond acceptors (Lipinski definition) is 10. The number of ketones is 1. The average Bonchev–Trinajstić information content (AvgIpc) is 3.77. The van der Waals surface area contributed by atoms with Gasteiger partial charge in [-0.15, -0.1) is 0 Å². The zero-order chi connectivity index (χ0) is 32.8. The highest BCUT2D eigenvalue weighted by atomic mass is 32.2. The van der Waals surface area contributed by atoms with Crippen molar-refractivity contribution in [2.45, 2.75) is 80.7 Å². The number of Topliss-reactive ketones (excluding diaryl/α,β-unsaturated/α-hetero) is 1. The molecule has 2 aliphatic heterocycles.